The van der Waals surface area contributed by atoms with Crippen molar-refractivity contribution in [2.45, 2.75) is 137 Å². The van der Waals surface area contributed by atoms with Gasteiger partial charge in [0.15, 0.2) is 25.2 Å². The van der Waals surface area contributed by atoms with Gasteiger partial charge < -0.3 is 105 Å². The molecule has 0 saturated carbocycles. The van der Waals surface area contributed by atoms with E-state index in [1.807, 2.05) is 0 Å². The van der Waals surface area contributed by atoms with Gasteiger partial charge >= 0.3 is 0 Å². The number of hydrogen-bond donors (Lipinski definition) is 14. The molecular weight excluding hydrogens is 700 g/mol. The van der Waals surface area contributed by atoms with Gasteiger partial charge in [0.2, 0.25) is 11.8 Å². The number of aliphatic hydroxyl groups excluding tert-OH is 12. The van der Waals surface area contributed by atoms with Crippen molar-refractivity contribution in [2.24, 2.45) is 0 Å². The monoisotopic (exact) mass is 748 g/mol. The van der Waals surface area contributed by atoms with Gasteiger partial charge in [-0.1, -0.05) is 0 Å². The zero-order chi connectivity index (χ0) is 37.9. The molecule has 0 radical (unpaired) electrons. The van der Waals surface area contributed by atoms with Crippen LogP contribution < -0.4 is 10.6 Å². The Labute approximate surface area is 289 Å². The van der Waals surface area contributed by atoms with Gasteiger partial charge in [-0.15, -0.1) is 0 Å². The first-order chi connectivity index (χ1) is 24.0. The van der Waals surface area contributed by atoms with Gasteiger partial charge in [0, 0.05) is 13.8 Å². The van der Waals surface area contributed by atoms with Crippen LogP contribution in [-0.2, 0) is 42.7 Å². The molecule has 0 bridgehead atoms. The van der Waals surface area contributed by atoms with Crippen LogP contribution in [0.15, 0.2) is 0 Å². The molecule has 4 rings (SSSR count). The van der Waals surface area contributed by atoms with Crippen molar-refractivity contribution in [3.05, 3.63) is 0 Å². The summed E-state index contributed by atoms with van der Waals surface area (Å²) in [5, 5.41) is 129. The molecular formula is C28H48N2O21. The van der Waals surface area contributed by atoms with E-state index in [2.05, 4.69) is 10.6 Å². The van der Waals surface area contributed by atoms with Crippen molar-refractivity contribution < 1.29 is 104 Å². The molecule has 4 aliphatic heterocycles. The maximum atomic E-state index is 12.2. The second kappa shape index (κ2) is 18.0. The Bertz CT molecular complexity index is 1140. The number of hydrogen-bond acceptors (Lipinski definition) is 21. The fourth-order valence-electron chi connectivity index (χ4n) is 6.25. The summed E-state index contributed by atoms with van der Waals surface area (Å²) in [6, 6.07) is -3.02. The molecule has 23 nitrogen and oxygen atoms in total. The topological polar surface area (TPSA) is 366 Å². The molecule has 20 atom stereocenters. The van der Waals surface area contributed by atoms with E-state index in [1.165, 1.54) is 0 Å². The SMILES string of the molecule is CC(=O)N[C@@H]1[C@@H](O)[C@H](O[C@H]2O[C@H](CO)[C@@H](O[C@@H]3O[C@H](CO[C@H]4O[C@H](CO)[C@@H](O)[C@H](O)[C@@H]4O)[C@@H](O)[C@H](O)[C@@H]3O)[C@H](O)[C@H]2NC(C)=O)[C@@H](CO)O[C@H]1O. The van der Waals surface area contributed by atoms with Crippen molar-refractivity contribution in [3.63, 3.8) is 0 Å². The summed E-state index contributed by atoms with van der Waals surface area (Å²) in [5.41, 5.74) is 0. The van der Waals surface area contributed by atoms with Crippen molar-refractivity contribution in [1.82, 2.24) is 10.6 Å². The summed E-state index contributed by atoms with van der Waals surface area (Å²) in [6.07, 6.45) is -30.9. The van der Waals surface area contributed by atoms with E-state index < -0.39 is 161 Å². The molecule has 4 saturated heterocycles. The first-order valence-electron chi connectivity index (χ1n) is 16.1. The van der Waals surface area contributed by atoms with Gasteiger partial charge in [-0.3, -0.25) is 9.59 Å². The Balaban J connectivity index is 1.50. The molecule has 51 heavy (non-hydrogen) atoms. The molecule has 14 N–H and O–H groups in total. The molecule has 0 aromatic carbocycles. The van der Waals surface area contributed by atoms with Crippen molar-refractivity contribution in [2.75, 3.05) is 26.4 Å². The highest BCUT2D eigenvalue weighted by Crippen LogP contribution is 2.33. The number of rotatable bonds is 12. The Morgan fingerprint density at radius 1 is 0.510 bits per heavy atom. The van der Waals surface area contributed by atoms with Crippen LogP contribution in [0.4, 0.5) is 0 Å². The number of carbonyl (C=O) groups excluding carboxylic acids is 2. The van der Waals surface area contributed by atoms with Gasteiger partial charge in [-0.25, -0.2) is 0 Å². The summed E-state index contributed by atoms with van der Waals surface area (Å²) in [7, 11) is 0. The second-order valence-electron chi connectivity index (χ2n) is 12.7. The number of ether oxygens (including phenoxy) is 7. The summed E-state index contributed by atoms with van der Waals surface area (Å²) >= 11 is 0. The van der Waals surface area contributed by atoms with Gasteiger partial charge in [0.05, 0.1) is 26.4 Å². The summed E-state index contributed by atoms with van der Waals surface area (Å²) in [5.74, 6) is -1.39. The lowest BCUT2D eigenvalue weighted by Gasteiger charge is -2.49. The fourth-order valence-corrected chi connectivity index (χ4v) is 6.25. The second-order valence-corrected chi connectivity index (χ2v) is 12.7. The van der Waals surface area contributed by atoms with Crippen LogP contribution in [0.1, 0.15) is 13.8 Å². The molecule has 0 aliphatic carbocycles. The summed E-state index contributed by atoms with van der Waals surface area (Å²) in [6.45, 7) is -0.998. The van der Waals surface area contributed by atoms with Gasteiger partial charge in [0.1, 0.15) is 97.5 Å². The standard InChI is InChI=1S/C28H48N2O21/c1-7(34)29-13-17(38)23(10(4-32)46-25(13)44)50-26-14(30-8(2)35)18(39)24(11(5-33)48-26)51-28-22(43)20(41)16(37)12(49-28)6-45-27-21(42)19(40)15(36)9(3-31)47-27/h9-28,31-33,36-44H,3-6H2,1-2H3,(H,29,34)(H,30,35)/t9-,10-,11-,12-,13-,14-,15-,16-,17-,18-,19+,20+,21+,22+,23-,24-,25-,26-,27+,28+/m1/s1. The number of aliphatic hydroxyl groups is 12. The lowest BCUT2D eigenvalue weighted by Crippen LogP contribution is -2.70. The Hall–Kier alpha value is -1.82. The van der Waals surface area contributed by atoms with Gasteiger partial charge in [-0.2, -0.15) is 0 Å². The van der Waals surface area contributed by atoms with Crippen molar-refractivity contribution in [3.8, 4) is 0 Å². The van der Waals surface area contributed by atoms with E-state index in [9.17, 15) is 70.9 Å². The Kier molecular flexibility index (Phi) is 14.8. The first-order valence-corrected chi connectivity index (χ1v) is 16.1. The maximum Gasteiger partial charge on any atom is 0.217 e. The largest absolute Gasteiger partial charge is 0.394 e. The molecule has 2 amide bonds. The van der Waals surface area contributed by atoms with Crippen LogP contribution in [0.2, 0.25) is 0 Å². The number of nitrogens with one attached hydrogen (secondary N) is 2. The van der Waals surface area contributed by atoms with Crippen molar-refractivity contribution in [1.29, 1.82) is 0 Å². The minimum atomic E-state index is -2.00. The molecule has 0 unspecified atom stereocenters. The zero-order valence-electron chi connectivity index (χ0n) is 27.4. The number of amides is 2. The molecule has 4 fully saturated rings. The third kappa shape index (κ3) is 9.29. The predicted molar refractivity (Wildman–Crippen MR) is 157 cm³/mol. The molecule has 4 heterocycles. The van der Waals surface area contributed by atoms with Crippen LogP contribution in [0, 0.1) is 0 Å². The molecule has 0 aromatic heterocycles. The fraction of sp³-hybridized carbons (Fsp3) is 0.929. The van der Waals surface area contributed by atoms with Crippen LogP contribution in [-0.4, -0.2) is 222 Å². The van der Waals surface area contributed by atoms with E-state index in [-0.39, 0.29) is 0 Å². The molecule has 0 spiro atoms. The molecule has 23 heteroatoms. The van der Waals surface area contributed by atoms with E-state index in [4.69, 9.17) is 33.2 Å². The van der Waals surface area contributed by atoms with Gasteiger partial charge in [0.25, 0.3) is 0 Å². The minimum absolute atomic E-state index is 0.656. The first kappa shape index (κ1) is 41.9. The van der Waals surface area contributed by atoms with Crippen LogP contribution in [0.3, 0.4) is 0 Å². The molecule has 0 aromatic rings. The minimum Gasteiger partial charge on any atom is -0.394 e. The normalized spacial score (nSPS) is 47.8. The van der Waals surface area contributed by atoms with E-state index in [0.29, 0.717) is 0 Å². The number of carbonyl (C=O) groups is 2. The average Bonchev–Trinajstić information content (AvgIpc) is 3.09. The van der Waals surface area contributed by atoms with Gasteiger partial charge in [-0.05, 0) is 0 Å². The highest BCUT2D eigenvalue weighted by Gasteiger charge is 2.54. The van der Waals surface area contributed by atoms with E-state index in [1.54, 1.807) is 0 Å². The smallest absolute Gasteiger partial charge is 0.217 e. The van der Waals surface area contributed by atoms with Crippen molar-refractivity contribution >= 4 is 11.8 Å². The maximum absolute atomic E-state index is 12.2. The van der Waals surface area contributed by atoms with Crippen LogP contribution >= 0.6 is 0 Å². The summed E-state index contributed by atoms with van der Waals surface area (Å²) < 4.78 is 38.9. The van der Waals surface area contributed by atoms with Crippen LogP contribution in [0.25, 0.3) is 0 Å². The van der Waals surface area contributed by atoms with E-state index >= 15 is 0 Å². The third-order valence-electron chi connectivity index (χ3n) is 8.99. The molecule has 4 aliphatic rings. The van der Waals surface area contributed by atoms with Crippen LogP contribution in [0.5, 0.6) is 0 Å². The molecule has 296 valence electrons. The zero-order valence-corrected chi connectivity index (χ0v) is 27.4. The van der Waals surface area contributed by atoms with E-state index in [0.717, 1.165) is 13.8 Å². The Morgan fingerprint density at radius 3 is 1.49 bits per heavy atom. The highest BCUT2D eigenvalue weighted by atomic mass is 16.8. The third-order valence-corrected chi connectivity index (χ3v) is 8.99. The lowest BCUT2D eigenvalue weighted by atomic mass is 9.94. The highest BCUT2D eigenvalue weighted by molar-refractivity contribution is 5.73. The average molecular weight is 749 g/mol. The Morgan fingerprint density at radius 2 is 0.941 bits per heavy atom. The predicted octanol–water partition coefficient (Wildman–Crippen LogP) is -9.46. The summed E-state index contributed by atoms with van der Waals surface area (Å²) in [4.78, 5) is 23.9. The quantitative estimate of drug-likeness (QED) is 0.0881. The lowest BCUT2D eigenvalue weighted by molar-refractivity contribution is -0.365.